The van der Waals surface area contributed by atoms with E-state index in [1.807, 2.05) is 0 Å². The van der Waals surface area contributed by atoms with Gasteiger partial charge >= 0.3 is 0 Å². The number of halogens is 2. The number of ketones is 1. The van der Waals surface area contributed by atoms with Crippen LogP contribution in [-0.4, -0.2) is 12.9 Å². The van der Waals surface area contributed by atoms with Crippen molar-refractivity contribution in [3.05, 3.63) is 64.4 Å². The van der Waals surface area contributed by atoms with E-state index < -0.39 is 5.82 Å². The van der Waals surface area contributed by atoms with Gasteiger partial charge in [-0.3, -0.25) is 4.79 Å². The molecule has 0 aliphatic heterocycles. The van der Waals surface area contributed by atoms with Crippen molar-refractivity contribution in [1.82, 2.24) is 0 Å². The molecule has 2 nitrogen and oxygen atoms in total. The highest BCUT2D eigenvalue weighted by atomic mass is 35.5. The van der Waals surface area contributed by atoms with Gasteiger partial charge in [-0.25, -0.2) is 4.39 Å². The molecule has 0 saturated carbocycles. The molecule has 2 aromatic carbocycles. The van der Waals surface area contributed by atoms with Crippen LogP contribution in [0.2, 0.25) is 5.02 Å². The Hall–Kier alpha value is -1.87. The topological polar surface area (TPSA) is 26.3 Å². The number of methoxy groups -OCH3 is 1. The smallest absolute Gasteiger partial charge is 0.193 e. The van der Waals surface area contributed by atoms with Gasteiger partial charge < -0.3 is 4.74 Å². The minimum atomic E-state index is -0.543. The standard InChI is InChI=1S/C14H10ClFO2/c1-18-11-4-2-3-9(7-11)14(17)10-5-6-13(16)12(15)8-10/h2-8H,1H3. The van der Waals surface area contributed by atoms with Gasteiger partial charge in [0.2, 0.25) is 0 Å². The van der Waals surface area contributed by atoms with Crippen LogP contribution in [0.1, 0.15) is 15.9 Å². The van der Waals surface area contributed by atoms with Gasteiger partial charge in [0, 0.05) is 11.1 Å². The molecule has 0 aliphatic carbocycles. The molecule has 0 spiro atoms. The molecule has 0 N–H and O–H groups in total. The predicted octanol–water partition coefficient (Wildman–Crippen LogP) is 3.72. The van der Waals surface area contributed by atoms with Gasteiger partial charge in [0.1, 0.15) is 11.6 Å². The van der Waals surface area contributed by atoms with Crippen molar-refractivity contribution in [3.63, 3.8) is 0 Å². The molecule has 0 aromatic heterocycles. The third-order valence-corrected chi connectivity index (χ3v) is 2.80. The number of carbonyl (C=O) groups is 1. The minimum absolute atomic E-state index is 0.0660. The number of rotatable bonds is 3. The van der Waals surface area contributed by atoms with Crippen molar-refractivity contribution < 1.29 is 13.9 Å². The van der Waals surface area contributed by atoms with E-state index in [9.17, 15) is 9.18 Å². The average Bonchev–Trinajstić information content (AvgIpc) is 2.41. The quantitative estimate of drug-likeness (QED) is 0.790. The summed E-state index contributed by atoms with van der Waals surface area (Å²) in [6.07, 6.45) is 0. The Balaban J connectivity index is 2.38. The Labute approximate surface area is 109 Å². The van der Waals surface area contributed by atoms with Crippen LogP contribution < -0.4 is 4.74 Å². The molecule has 0 aliphatic rings. The van der Waals surface area contributed by atoms with E-state index in [4.69, 9.17) is 16.3 Å². The van der Waals surface area contributed by atoms with Gasteiger partial charge in [-0.1, -0.05) is 23.7 Å². The van der Waals surface area contributed by atoms with E-state index >= 15 is 0 Å². The van der Waals surface area contributed by atoms with Crippen molar-refractivity contribution >= 4 is 17.4 Å². The Kier molecular flexibility index (Phi) is 3.63. The maximum atomic E-state index is 13.0. The van der Waals surface area contributed by atoms with Crippen LogP contribution in [0.4, 0.5) is 4.39 Å². The molecular weight excluding hydrogens is 255 g/mol. The monoisotopic (exact) mass is 264 g/mol. The third kappa shape index (κ3) is 2.51. The molecule has 2 aromatic rings. The molecule has 0 fully saturated rings. The fraction of sp³-hybridized carbons (Fsp3) is 0.0714. The van der Waals surface area contributed by atoms with E-state index in [0.717, 1.165) is 0 Å². The Bertz CT molecular complexity index is 596. The van der Waals surface area contributed by atoms with Crippen molar-refractivity contribution in [2.24, 2.45) is 0 Å². The maximum Gasteiger partial charge on any atom is 0.193 e. The second-order valence-electron chi connectivity index (χ2n) is 3.69. The molecule has 4 heteroatoms. The summed E-state index contributed by atoms with van der Waals surface area (Å²) in [7, 11) is 1.53. The molecule has 0 unspecified atom stereocenters. The Morgan fingerprint density at radius 1 is 1.17 bits per heavy atom. The van der Waals surface area contributed by atoms with Crippen LogP contribution in [0, 0.1) is 5.82 Å². The molecule has 2 rings (SSSR count). The van der Waals surface area contributed by atoms with Gasteiger partial charge in [-0.15, -0.1) is 0 Å². The van der Waals surface area contributed by atoms with Crippen LogP contribution in [0.3, 0.4) is 0 Å². The van der Waals surface area contributed by atoms with Gasteiger partial charge in [0.25, 0.3) is 0 Å². The van der Waals surface area contributed by atoms with Gasteiger partial charge in [0.05, 0.1) is 12.1 Å². The summed E-state index contributed by atoms with van der Waals surface area (Å²) in [6.45, 7) is 0. The minimum Gasteiger partial charge on any atom is -0.497 e. The lowest BCUT2D eigenvalue weighted by molar-refractivity contribution is 0.103. The first-order valence-corrected chi connectivity index (χ1v) is 5.63. The van der Waals surface area contributed by atoms with Crippen molar-refractivity contribution in [1.29, 1.82) is 0 Å². The first-order chi connectivity index (χ1) is 8.61. The molecule has 0 radical (unpaired) electrons. The lowest BCUT2D eigenvalue weighted by Gasteiger charge is -2.04. The number of benzene rings is 2. The molecule has 0 saturated heterocycles. The van der Waals surface area contributed by atoms with Gasteiger partial charge in [0.15, 0.2) is 5.78 Å². The Morgan fingerprint density at radius 2 is 1.89 bits per heavy atom. The number of hydrogen-bond donors (Lipinski definition) is 0. The fourth-order valence-corrected chi connectivity index (χ4v) is 1.75. The zero-order valence-electron chi connectivity index (χ0n) is 9.61. The SMILES string of the molecule is COc1cccc(C(=O)c2ccc(F)c(Cl)c2)c1. The number of carbonyl (C=O) groups excluding carboxylic acids is 1. The van der Waals surface area contributed by atoms with Crippen molar-refractivity contribution in [3.8, 4) is 5.75 Å². The highest BCUT2D eigenvalue weighted by Gasteiger charge is 2.11. The van der Waals surface area contributed by atoms with Crippen LogP contribution in [0.5, 0.6) is 5.75 Å². The van der Waals surface area contributed by atoms with Crippen LogP contribution in [0.15, 0.2) is 42.5 Å². The highest BCUT2D eigenvalue weighted by Crippen LogP contribution is 2.20. The fourth-order valence-electron chi connectivity index (χ4n) is 1.57. The van der Waals surface area contributed by atoms with Crippen molar-refractivity contribution in [2.75, 3.05) is 7.11 Å². The van der Waals surface area contributed by atoms with E-state index in [0.29, 0.717) is 16.9 Å². The molecule has 92 valence electrons. The molecule has 0 amide bonds. The van der Waals surface area contributed by atoms with Crippen LogP contribution in [-0.2, 0) is 0 Å². The summed E-state index contributed by atoms with van der Waals surface area (Å²) in [5.74, 6) is -0.177. The third-order valence-electron chi connectivity index (χ3n) is 2.51. The van der Waals surface area contributed by atoms with E-state index in [2.05, 4.69) is 0 Å². The predicted molar refractivity (Wildman–Crippen MR) is 67.8 cm³/mol. The van der Waals surface area contributed by atoms with Crippen LogP contribution >= 0.6 is 11.6 Å². The molecule has 18 heavy (non-hydrogen) atoms. The first-order valence-electron chi connectivity index (χ1n) is 5.25. The Morgan fingerprint density at radius 3 is 2.56 bits per heavy atom. The maximum absolute atomic E-state index is 13.0. The largest absolute Gasteiger partial charge is 0.497 e. The highest BCUT2D eigenvalue weighted by molar-refractivity contribution is 6.31. The van der Waals surface area contributed by atoms with Crippen LogP contribution in [0.25, 0.3) is 0 Å². The number of hydrogen-bond acceptors (Lipinski definition) is 2. The van der Waals surface area contributed by atoms with Gasteiger partial charge in [-0.05, 0) is 30.3 Å². The summed E-state index contributed by atoms with van der Waals surface area (Å²) in [5, 5.41) is -0.0660. The summed E-state index contributed by atoms with van der Waals surface area (Å²) in [5.41, 5.74) is 0.812. The molecule has 0 bridgehead atoms. The first kappa shape index (κ1) is 12.6. The lowest BCUT2D eigenvalue weighted by atomic mass is 10.0. The van der Waals surface area contributed by atoms with E-state index in [-0.39, 0.29) is 10.8 Å². The van der Waals surface area contributed by atoms with Crippen molar-refractivity contribution in [2.45, 2.75) is 0 Å². The normalized spacial score (nSPS) is 10.2. The molecule has 0 atom stereocenters. The molecular formula is C14H10ClFO2. The average molecular weight is 265 g/mol. The molecule has 0 heterocycles. The van der Waals surface area contributed by atoms with E-state index in [1.165, 1.54) is 25.3 Å². The summed E-state index contributed by atoms with van der Waals surface area (Å²) < 4.78 is 18.1. The second kappa shape index (κ2) is 5.19. The number of ether oxygens (including phenoxy) is 1. The lowest BCUT2D eigenvalue weighted by Crippen LogP contribution is -2.02. The zero-order chi connectivity index (χ0) is 13.1. The summed E-state index contributed by atoms with van der Waals surface area (Å²) >= 11 is 5.65. The zero-order valence-corrected chi connectivity index (χ0v) is 10.4. The summed E-state index contributed by atoms with van der Waals surface area (Å²) in [6, 6.07) is 10.7. The summed E-state index contributed by atoms with van der Waals surface area (Å²) in [4.78, 5) is 12.1. The van der Waals surface area contributed by atoms with Gasteiger partial charge in [-0.2, -0.15) is 0 Å². The van der Waals surface area contributed by atoms with E-state index in [1.54, 1.807) is 24.3 Å². The second-order valence-corrected chi connectivity index (χ2v) is 4.10.